The Morgan fingerprint density at radius 2 is 1.80 bits per heavy atom. The van der Waals surface area contributed by atoms with Crippen molar-refractivity contribution in [3.63, 3.8) is 0 Å². The van der Waals surface area contributed by atoms with Gasteiger partial charge in [0.2, 0.25) is 0 Å². The number of aliphatic hydroxyl groups is 2. The molecule has 2 N–H and O–H groups in total. The van der Waals surface area contributed by atoms with Crippen molar-refractivity contribution in [2.45, 2.75) is 24.5 Å². The molecule has 2 aromatic carbocycles. The van der Waals surface area contributed by atoms with Crippen molar-refractivity contribution in [2.24, 2.45) is 0 Å². The third-order valence-corrected chi connectivity index (χ3v) is 4.05. The van der Waals surface area contributed by atoms with E-state index in [-0.39, 0.29) is 0 Å². The molecule has 0 amide bonds. The molecule has 0 spiro atoms. The summed E-state index contributed by atoms with van der Waals surface area (Å²) in [6.07, 6.45) is 0.439. The Bertz CT molecular complexity index is 672. The van der Waals surface area contributed by atoms with E-state index in [0.29, 0.717) is 17.5 Å². The zero-order chi connectivity index (χ0) is 14.2. The minimum atomic E-state index is -1.40. The number of benzene rings is 2. The number of rotatable bonds is 1. The number of aryl methyl sites for hydroxylation is 1. The Morgan fingerprint density at radius 3 is 2.50 bits per heavy atom. The average Bonchev–Trinajstić information content (AvgIpc) is 2.51. The highest BCUT2D eigenvalue weighted by Crippen LogP contribution is 2.40. The maximum atomic E-state index is 11.1. The topological polar surface area (TPSA) is 64.2 Å². The molecule has 20 heavy (non-hydrogen) atoms. The van der Waals surface area contributed by atoms with E-state index in [2.05, 4.69) is 6.07 Å². The third-order valence-electron chi connectivity index (χ3n) is 4.05. The lowest BCUT2D eigenvalue weighted by Gasteiger charge is -2.39. The van der Waals surface area contributed by atoms with E-state index in [9.17, 15) is 10.2 Å². The van der Waals surface area contributed by atoms with E-state index in [0.717, 1.165) is 17.5 Å². The fourth-order valence-electron chi connectivity index (χ4n) is 2.94. The monoisotopic (exact) mass is 265 g/mol. The molecule has 0 fully saturated rings. The van der Waals surface area contributed by atoms with Crippen LogP contribution >= 0.6 is 0 Å². The predicted octanol–water partition coefficient (Wildman–Crippen LogP) is 2.10. The van der Waals surface area contributed by atoms with Gasteiger partial charge in [0.25, 0.3) is 0 Å². The second kappa shape index (κ2) is 4.75. The van der Waals surface area contributed by atoms with Crippen LogP contribution in [0.4, 0.5) is 0 Å². The van der Waals surface area contributed by atoms with Gasteiger partial charge in [-0.25, -0.2) is 0 Å². The Hall–Kier alpha value is -2.15. The first kappa shape index (κ1) is 12.9. The van der Waals surface area contributed by atoms with Crippen molar-refractivity contribution in [3.8, 4) is 6.07 Å². The van der Waals surface area contributed by atoms with Crippen LogP contribution in [0.5, 0.6) is 0 Å². The number of fused-ring (bicyclic) bond motifs is 1. The molecule has 0 heterocycles. The van der Waals surface area contributed by atoms with E-state index in [4.69, 9.17) is 5.26 Å². The van der Waals surface area contributed by atoms with Crippen molar-refractivity contribution in [1.29, 1.82) is 5.26 Å². The Kier molecular flexibility index (Phi) is 3.06. The van der Waals surface area contributed by atoms with Gasteiger partial charge in [-0.1, -0.05) is 36.4 Å². The summed E-state index contributed by atoms with van der Waals surface area (Å²) in [6.45, 7) is 0. The molecule has 0 aromatic heterocycles. The molecule has 0 saturated carbocycles. The van der Waals surface area contributed by atoms with Gasteiger partial charge in [-0.05, 0) is 41.7 Å². The van der Waals surface area contributed by atoms with Gasteiger partial charge in [-0.15, -0.1) is 0 Å². The summed E-state index contributed by atoms with van der Waals surface area (Å²) in [6, 6.07) is 16.5. The fraction of sp³-hybridized carbons (Fsp3) is 0.235. The van der Waals surface area contributed by atoms with E-state index in [1.807, 2.05) is 24.3 Å². The van der Waals surface area contributed by atoms with E-state index in [1.54, 1.807) is 24.3 Å². The summed E-state index contributed by atoms with van der Waals surface area (Å²) in [5, 5.41) is 30.3. The Labute approximate surface area is 117 Å². The molecule has 0 bridgehead atoms. The quantitative estimate of drug-likeness (QED) is 0.830. The molecule has 1 aliphatic carbocycles. The highest BCUT2D eigenvalue weighted by Gasteiger charge is 2.43. The third kappa shape index (κ3) is 1.82. The molecular weight excluding hydrogens is 250 g/mol. The van der Waals surface area contributed by atoms with Crippen molar-refractivity contribution in [3.05, 3.63) is 70.8 Å². The van der Waals surface area contributed by atoms with Crippen LogP contribution in [-0.2, 0) is 12.0 Å². The van der Waals surface area contributed by atoms with Crippen LogP contribution in [0.1, 0.15) is 28.7 Å². The van der Waals surface area contributed by atoms with Gasteiger partial charge in [0, 0.05) is 0 Å². The molecule has 3 rings (SSSR count). The van der Waals surface area contributed by atoms with Crippen LogP contribution in [0, 0.1) is 11.3 Å². The summed E-state index contributed by atoms with van der Waals surface area (Å²) in [7, 11) is 0. The van der Waals surface area contributed by atoms with Crippen molar-refractivity contribution in [2.75, 3.05) is 0 Å². The number of hydrogen-bond donors (Lipinski definition) is 2. The highest BCUT2D eigenvalue weighted by molar-refractivity contribution is 5.46. The summed E-state index contributed by atoms with van der Waals surface area (Å²) in [4.78, 5) is 0. The lowest BCUT2D eigenvalue weighted by molar-refractivity contribution is -0.0598. The number of aliphatic hydroxyl groups excluding tert-OH is 1. The van der Waals surface area contributed by atoms with Crippen molar-refractivity contribution in [1.82, 2.24) is 0 Å². The summed E-state index contributed by atoms with van der Waals surface area (Å²) in [5.74, 6) is 0. The molecule has 0 radical (unpaired) electrons. The molecule has 0 saturated heterocycles. The average molecular weight is 265 g/mol. The van der Waals surface area contributed by atoms with Gasteiger partial charge in [-0.2, -0.15) is 5.26 Å². The number of hydrogen-bond acceptors (Lipinski definition) is 3. The number of nitriles is 1. The van der Waals surface area contributed by atoms with Crippen LogP contribution in [0.2, 0.25) is 0 Å². The lowest BCUT2D eigenvalue weighted by atomic mass is 9.73. The summed E-state index contributed by atoms with van der Waals surface area (Å²) < 4.78 is 0. The normalized spacial score (nSPS) is 24.8. The Balaban J connectivity index is 2.16. The summed E-state index contributed by atoms with van der Waals surface area (Å²) >= 11 is 0. The van der Waals surface area contributed by atoms with E-state index in [1.165, 1.54) is 0 Å². The first-order valence-electron chi connectivity index (χ1n) is 6.65. The molecule has 2 aromatic rings. The molecular formula is C17H15NO2. The van der Waals surface area contributed by atoms with Crippen molar-refractivity contribution < 1.29 is 10.2 Å². The molecule has 100 valence electrons. The zero-order valence-corrected chi connectivity index (χ0v) is 11.0. The largest absolute Gasteiger partial charge is 0.389 e. The predicted molar refractivity (Wildman–Crippen MR) is 74.9 cm³/mol. The van der Waals surface area contributed by atoms with Crippen molar-refractivity contribution >= 4 is 0 Å². The summed E-state index contributed by atoms with van der Waals surface area (Å²) in [5.41, 5.74) is 1.57. The minimum absolute atomic E-state index is 0.521. The standard InChI is InChI=1S/C17H15NO2/c18-11-12-5-8-14(9-6-12)17(20)15-4-2-1-3-13(15)7-10-16(17)19/h1-6,8-9,16,19-20H,7,10H2. The first-order chi connectivity index (χ1) is 9.66. The first-order valence-corrected chi connectivity index (χ1v) is 6.65. The van der Waals surface area contributed by atoms with E-state index >= 15 is 0 Å². The van der Waals surface area contributed by atoms with Gasteiger partial charge >= 0.3 is 0 Å². The van der Waals surface area contributed by atoms with Crippen LogP contribution in [-0.4, -0.2) is 16.3 Å². The van der Waals surface area contributed by atoms with Gasteiger partial charge < -0.3 is 10.2 Å². The van der Waals surface area contributed by atoms with Gasteiger partial charge in [0.1, 0.15) is 5.60 Å². The lowest BCUT2D eigenvalue weighted by Crippen LogP contribution is -2.44. The van der Waals surface area contributed by atoms with E-state index < -0.39 is 11.7 Å². The van der Waals surface area contributed by atoms with Crippen LogP contribution < -0.4 is 0 Å². The molecule has 2 atom stereocenters. The molecule has 3 nitrogen and oxygen atoms in total. The van der Waals surface area contributed by atoms with Gasteiger partial charge in [-0.3, -0.25) is 0 Å². The molecule has 2 unspecified atom stereocenters. The Morgan fingerprint density at radius 1 is 1.10 bits per heavy atom. The molecule has 1 aliphatic rings. The zero-order valence-electron chi connectivity index (χ0n) is 11.0. The fourth-order valence-corrected chi connectivity index (χ4v) is 2.94. The highest BCUT2D eigenvalue weighted by atomic mass is 16.3. The molecule has 3 heteroatoms. The van der Waals surface area contributed by atoms with Gasteiger partial charge in [0.05, 0.1) is 17.7 Å². The van der Waals surface area contributed by atoms with Crippen LogP contribution in [0.25, 0.3) is 0 Å². The smallest absolute Gasteiger partial charge is 0.141 e. The van der Waals surface area contributed by atoms with Crippen LogP contribution in [0.3, 0.4) is 0 Å². The number of nitrogens with zero attached hydrogens (tertiary/aromatic N) is 1. The van der Waals surface area contributed by atoms with Gasteiger partial charge in [0.15, 0.2) is 0 Å². The second-order valence-electron chi connectivity index (χ2n) is 5.17. The minimum Gasteiger partial charge on any atom is -0.389 e. The molecule has 0 aliphatic heterocycles. The van der Waals surface area contributed by atoms with Crippen LogP contribution in [0.15, 0.2) is 48.5 Å². The maximum Gasteiger partial charge on any atom is 0.141 e. The SMILES string of the molecule is N#Cc1ccc(C2(O)c3ccccc3CCC2O)cc1. The maximum absolute atomic E-state index is 11.1. The second-order valence-corrected chi connectivity index (χ2v) is 5.17.